The number of carbonyl (C=O) groups excluding carboxylic acids is 2. The Bertz CT molecular complexity index is 245. The van der Waals surface area contributed by atoms with Crippen molar-refractivity contribution >= 4 is 11.8 Å². The molecule has 0 aromatic rings. The lowest BCUT2D eigenvalue weighted by atomic mass is 9.95. The van der Waals surface area contributed by atoms with Crippen molar-refractivity contribution in [1.29, 1.82) is 0 Å². The normalized spacial score (nSPS) is 19.8. The SMILES string of the molecule is CNC(=O)C1CCN(C(=O)C(C)N)CC1. The summed E-state index contributed by atoms with van der Waals surface area (Å²) >= 11 is 0. The molecule has 0 aromatic carbocycles. The maximum Gasteiger partial charge on any atom is 0.239 e. The Labute approximate surface area is 90.0 Å². The van der Waals surface area contributed by atoms with Gasteiger partial charge in [-0.05, 0) is 19.8 Å². The number of nitrogens with one attached hydrogen (secondary N) is 1. The summed E-state index contributed by atoms with van der Waals surface area (Å²) in [4.78, 5) is 24.6. The maximum absolute atomic E-state index is 11.5. The summed E-state index contributed by atoms with van der Waals surface area (Å²) in [6.45, 7) is 2.96. The minimum absolute atomic E-state index is 0.0228. The predicted molar refractivity (Wildman–Crippen MR) is 57.0 cm³/mol. The van der Waals surface area contributed by atoms with Gasteiger partial charge in [-0.1, -0.05) is 0 Å². The van der Waals surface area contributed by atoms with E-state index in [1.165, 1.54) is 0 Å². The monoisotopic (exact) mass is 213 g/mol. The quantitative estimate of drug-likeness (QED) is 0.638. The first kappa shape index (κ1) is 12.0. The molecule has 0 saturated carbocycles. The van der Waals surface area contributed by atoms with Crippen LogP contribution in [0.1, 0.15) is 19.8 Å². The van der Waals surface area contributed by atoms with Crippen LogP contribution in [0.5, 0.6) is 0 Å². The molecule has 15 heavy (non-hydrogen) atoms. The Kier molecular flexibility index (Phi) is 4.08. The number of nitrogens with zero attached hydrogens (tertiary/aromatic N) is 1. The lowest BCUT2D eigenvalue weighted by Gasteiger charge is -2.32. The third kappa shape index (κ3) is 2.92. The molecule has 1 aliphatic heterocycles. The van der Waals surface area contributed by atoms with Gasteiger partial charge in [-0.2, -0.15) is 0 Å². The molecule has 1 saturated heterocycles. The Morgan fingerprint density at radius 2 is 1.93 bits per heavy atom. The van der Waals surface area contributed by atoms with Crippen LogP contribution in [0.15, 0.2) is 0 Å². The second kappa shape index (κ2) is 5.11. The molecule has 1 unspecified atom stereocenters. The summed E-state index contributed by atoms with van der Waals surface area (Å²) in [6.07, 6.45) is 1.47. The van der Waals surface area contributed by atoms with Crippen molar-refractivity contribution in [3.8, 4) is 0 Å². The summed E-state index contributed by atoms with van der Waals surface area (Å²) in [5.74, 6) is 0.0976. The van der Waals surface area contributed by atoms with E-state index in [2.05, 4.69) is 5.32 Å². The fraction of sp³-hybridized carbons (Fsp3) is 0.800. The van der Waals surface area contributed by atoms with Gasteiger partial charge in [0.25, 0.3) is 0 Å². The van der Waals surface area contributed by atoms with E-state index in [4.69, 9.17) is 5.73 Å². The summed E-state index contributed by atoms with van der Waals surface area (Å²) in [5.41, 5.74) is 5.52. The smallest absolute Gasteiger partial charge is 0.239 e. The number of hydrogen-bond donors (Lipinski definition) is 2. The van der Waals surface area contributed by atoms with Crippen LogP contribution in [0, 0.1) is 5.92 Å². The highest BCUT2D eigenvalue weighted by Gasteiger charge is 2.27. The van der Waals surface area contributed by atoms with Gasteiger partial charge < -0.3 is 16.0 Å². The fourth-order valence-electron chi connectivity index (χ4n) is 1.85. The Balaban J connectivity index is 2.42. The Hall–Kier alpha value is -1.10. The van der Waals surface area contributed by atoms with E-state index >= 15 is 0 Å². The lowest BCUT2D eigenvalue weighted by Crippen LogP contribution is -2.47. The van der Waals surface area contributed by atoms with Crippen LogP contribution in [0.3, 0.4) is 0 Å². The van der Waals surface area contributed by atoms with E-state index in [-0.39, 0.29) is 17.7 Å². The largest absolute Gasteiger partial charge is 0.359 e. The molecule has 0 bridgehead atoms. The number of hydrogen-bond acceptors (Lipinski definition) is 3. The van der Waals surface area contributed by atoms with E-state index in [0.717, 1.165) is 12.8 Å². The van der Waals surface area contributed by atoms with Crippen LogP contribution < -0.4 is 11.1 Å². The second-order valence-electron chi connectivity index (χ2n) is 4.00. The topological polar surface area (TPSA) is 75.4 Å². The van der Waals surface area contributed by atoms with Gasteiger partial charge in [-0.15, -0.1) is 0 Å². The average Bonchev–Trinajstić information content (AvgIpc) is 2.27. The van der Waals surface area contributed by atoms with Crippen molar-refractivity contribution in [2.75, 3.05) is 20.1 Å². The molecular weight excluding hydrogens is 194 g/mol. The van der Waals surface area contributed by atoms with Gasteiger partial charge in [0.15, 0.2) is 0 Å². The van der Waals surface area contributed by atoms with E-state index in [0.29, 0.717) is 13.1 Å². The summed E-state index contributed by atoms with van der Waals surface area (Å²) in [7, 11) is 1.64. The molecule has 0 aliphatic carbocycles. The van der Waals surface area contributed by atoms with Crippen molar-refractivity contribution in [3.63, 3.8) is 0 Å². The van der Waals surface area contributed by atoms with Crippen LogP contribution in [0.2, 0.25) is 0 Å². The molecule has 86 valence electrons. The molecule has 1 atom stereocenters. The Morgan fingerprint density at radius 1 is 1.40 bits per heavy atom. The van der Waals surface area contributed by atoms with Gasteiger partial charge in [0, 0.05) is 26.1 Å². The summed E-state index contributed by atoms with van der Waals surface area (Å²) in [6, 6.07) is -0.443. The van der Waals surface area contributed by atoms with Gasteiger partial charge >= 0.3 is 0 Å². The van der Waals surface area contributed by atoms with Gasteiger partial charge in [-0.25, -0.2) is 0 Å². The van der Waals surface area contributed by atoms with Crippen molar-refractivity contribution in [2.45, 2.75) is 25.8 Å². The van der Waals surface area contributed by atoms with Gasteiger partial charge in [0.1, 0.15) is 0 Å². The molecule has 0 spiro atoms. The molecule has 1 heterocycles. The summed E-state index contributed by atoms with van der Waals surface area (Å²) in [5, 5.41) is 2.63. The van der Waals surface area contributed by atoms with Gasteiger partial charge in [0.05, 0.1) is 6.04 Å². The maximum atomic E-state index is 11.5. The molecule has 0 aromatic heterocycles. The zero-order valence-electron chi connectivity index (χ0n) is 9.32. The average molecular weight is 213 g/mol. The molecule has 1 fully saturated rings. The molecule has 2 amide bonds. The second-order valence-corrected chi connectivity index (χ2v) is 4.00. The van der Waals surface area contributed by atoms with E-state index in [1.54, 1.807) is 18.9 Å². The highest BCUT2D eigenvalue weighted by molar-refractivity contribution is 5.82. The molecule has 3 N–H and O–H groups in total. The number of piperidine rings is 1. The van der Waals surface area contributed by atoms with E-state index in [9.17, 15) is 9.59 Å². The number of likely N-dealkylation sites (tertiary alicyclic amines) is 1. The molecule has 1 aliphatic rings. The number of carbonyl (C=O) groups is 2. The molecular formula is C10H19N3O2. The first-order chi connectivity index (χ1) is 7.06. The van der Waals surface area contributed by atoms with Crippen LogP contribution in [-0.4, -0.2) is 42.9 Å². The van der Waals surface area contributed by atoms with Crippen molar-refractivity contribution in [1.82, 2.24) is 10.2 Å². The molecule has 1 rings (SSSR count). The third-order valence-electron chi connectivity index (χ3n) is 2.81. The summed E-state index contributed by atoms with van der Waals surface area (Å²) < 4.78 is 0. The highest BCUT2D eigenvalue weighted by Crippen LogP contribution is 2.17. The first-order valence-electron chi connectivity index (χ1n) is 5.32. The molecule has 0 radical (unpaired) electrons. The van der Waals surface area contributed by atoms with Crippen molar-refractivity contribution in [2.24, 2.45) is 11.7 Å². The fourth-order valence-corrected chi connectivity index (χ4v) is 1.85. The van der Waals surface area contributed by atoms with Crippen LogP contribution in [0.4, 0.5) is 0 Å². The first-order valence-corrected chi connectivity index (χ1v) is 5.32. The number of nitrogens with two attached hydrogens (primary N) is 1. The van der Waals surface area contributed by atoms with Gasteiger partial charge in [0.2, 0.25) is 11.8 Å². The van der Waals surface area contributed by atoms with Crippen LogP contribution in [-0.2, 0) is 9.59 Å². The van der Waals surface area contributed by atoms with Crippen LogP contribution in [0.25, 0.3) is 0 Å². The van der Waals surface area contributed by atoms with E-state index < -0.39 is 6.04 Å². The molecule has 5 nitrogen and oxygen atoms in total. The number of amides is 2. The zero-order valence-corrected chi connectivity index (χ0v) is 9.32. The van der Waals surface area contributed by atoms with E-state index in [1.807, 2.05) is 0 Å². The number of rotatable bonds is 2. The Morgan fingerprint density at radius 3 is 2.33 bits per heavy atom. The van der Waals surface area contributed by atoms with Crippen molar-refractivity contribution < 1.29 is 9.59 Å². The third-order valence-corrected chi connectivity index (χ3v) is 2.81. The molecule has 5 heteroatoms. The van der Waals surface area contributed by atoms with Gasteiger partial charge in [-0.3, -0.25) is 9.59 Å². The minimum Gasteiger partial charge on any atom is -0.359 e. The highest BCUT2D eigenvalue weighted by atomic mass is 16.2. The predicted octanol–water partition coefficient (Wildman–Crippen LogP) is -0.682. The van der Waals surface area contributed by atoms with Crippen molar-refractivity contribution in [3.05, 3.63) is 0 Å². The standard InChI is InChI=1S/C10H19N3O2/c1-7(11)10(15)13-5-3-8(4-6-13)9(14)12-2/h7-8H,3-6,11H2,1-2H3,(H,12,14). The zero-order chi connectivity index (χ0) is 11.4. The minimum atomic E-state index is -0.443. The lowest BCUT2D eigenvalue weighted by molar-refractivity contribution is -0.136. The van der Waals surface area contributed by atoms with Crippen LogP contribution >= 0.6 is 0 Å².